The zero-order chi connectivity index (χ0) is 16.4. The molecule has 0 bridgehead atoms. The molecule has 1 saturated heterocycles. The molecule has 1 aromatic carbocycles. The maximum Gasteiger partial charge on any atom is 0.416 e. The summed E-state index contributed by atoms with van der Waals surface area (Å²) in [6.07, 6.45) is -3.81. The molecule has 132 valence electrons. The van der Waals surface area contributed by atoms with Gasteiger partial charge in [0.15, 0.2) is 0 Å². The van der Waals surface area contributed by atoms with Gasteiger partial charge in [-0.25, -0.2) is 13.1 Å². The minimum Gasteiger partial charge on any atom is -0.316 e. The summed E-state index contributed by atoms with van der Waals surface area (Å²) >= 11 is 0. The van der Waals surface area contributed by atoms with Gasteiger partial charge in [-0.15, -0.1) is 12.4 Å². The summed E-state index contributed by atoms with van der Waals surface area (Å²) in [5.41, 5.74) is -0.709. The average Bonchev–Trinajstić information content (AvgIpc) is 2.40. The summed E-state index contributed by atoms with van der Waals surface area (Å²) < 4.78 is 64.9. The Morgan fingerprint density at radius 1 is 1.35 bits per heavy atom. The molecule has 0 aliphatic carbocycles. The number of piperidine rings is 1. The van der Waals surface area contributed by atoms with Crippen molar-refractivity contribution in [3.8, 4) is 0 Å². The van der Waals surface area contributed by atoms with Crippen LogP contribution >= 0.6 is 12.4 Å². The van der Waals surface area contributed by atoms with Crippen LogP contribution < -0.4 is 10.0 Å². The van der Waals surface area contributed by atoms with Gasteiger partial charge in [-0.05, 0) is 37.1 Å². The van der Waals surface area contributed by atoms with Crippen LogP contribution in [0.3, 0.4) is 0 Å². The lowest BCUT2D eigenvalue weighted by molar-refractivity contribution is -0.137. The van der Waals surface area contributed by atoms with Gasteiger partial charge in [-0.1, -0.05) is 25.1 Å². The van der Waals surface area contributed by atoms with Gasteiger partial charge in [0.05, 0.1) is 11.3 Å². The van der Waals surface area contributed by atoms with Crippen LogP contribution in [-0.4, -0.2) is 27.5 Å². The van der Waals surface area contributed by atoms with E-state index in [1.807, 2.05) is 6.92 Å². The molecule has 0 spiro atoms. The van der Waals surface area contributed by atoms with Crippen LogP contribution in [0.1, 0.15) is 24.5 Å². The zero-order valence-corrected chi connectivity index (χ0v) is 14.2. The van der Waals surface area contributed by atoms with Crippen molar-refractivity contribution in [3.63, 3.8) is 0 Å². The molecule has 0 radical (unpaired) electrons. The number of benzene rings is 1. The van der Waals surface area contributed by atoms with Gasteiger partial charge in [0.2, 0.25) is 10.0 Å². The van der Waals surface area contributed by atoms with Crippen LogP contribution in [0, 0.1) is 5.92 Å². The number of hydrogen-bond donors (Lipinski definition) is 2. The molecule has 1 aromatic rings. The van der Waals surface area contributed by atoms with E-state index in [0.29, 0.717) is 6.42 Å². The smallest absolute Gasteiger partial charge is 0.316 e. The lowest BCUT2D eigenvalue weighted by Crippen LogP contribution is -2.48. The van der Waals surface area contributed by atoms with Gasteiger partial charge in [0.1, 0.15) is 0 Å². The minimum atomic E-state index is -4.48. The highest BCUT2D eigenvalue weighted by Crippen LogP contribution is 2.29. The van der Waals surface area contributed by atoms with Crippen molar-refractivity contribution in [2.45, 2.75) is 31.3 Å². The molecule has 0 amide bonds. The summed E-state index contributed by atoms with van der Waals surface area (Å²) in [5, 5.41) is 3.16. The number of hydrogen-bond acceptors (Lipinski definition) is 3. The van der Waals surface area contributed by atoms with Crippen LogP contribution in [0.4, 0.5) is 13.2 Å². The Morgan fingerprint density at radius 2 is 2.04 bits per heavy atom. The van der Waals surface area contributed by atoms with E-state index in [-0.39, 0.29) is 29.9 Å². The summed E-state index contributed by atoms with van der Waals surface area (Å²) in [4.78, 5) is 0. The van der Waals surface area contributed by atoms with Crippen molar-refractivity contribution < 1.29 is 21.6 Å². The van der Waals surface area contributed by atoms with Crippen LogP contribution in [-0.2, 0) is 22.0 Å². The molecule has 23 heavy (non-hydrogen) atoms. The molecule has 1 heterocycles. The first kappa shape index (κ1) is 20.2. The van der Waals surface area contributed by atoms with E-state index >= 15 is 0 Å². The fourth-order valence-corrected chi connectivity index (χ4v) is 4.03. The van der Waals surface area contributed by atoms with Gasteiger partial charge >= 0.3 is 6.18 Å². The van der Waals surface area contributed by atoms with Crippen LogP contribution in [0.5, 0.6) is 0 Å². The van der Waals surface area contributed by atoms with E-state index in [2.05, 4.69) is 10.0 Å². The van der Waals surface area contributed by atoms with Crippen molar-refractivity contribution in [2.24, 2.45) is 5.92 Å². The molecular formula is C14H20ClF3N2O2S. The molecule has 9 heteroatoms. The lowest BCUT2D eigenvalue weighted by Gasteiger charge is -2.30. The van der Waals surface area contributed by atoms with Crippen molar-refractivity contribution in [1.29, 1.82) is 0 Å². The first-order chi connectivity index (χ1) is 10.2. The van der Waals surface area contributed by atoms with Crippen molar-refractivity contribution in [3.05, 3.63) is 35.4 Å². The molecule has 0 aromatic heterocycles. The summed E-state index contributed by atoms with van der Waals surface area (Å²) in [7, 11) is -3.67. The predicted octanol–water partition coefficient (Wildman–Crippen LogP) is 2.54. The Labute approximate surface area is 140 Å². The van der Waals surface area contributed by atoms with Crippen molar-refractivity contribution in [2.75, 3.05) is 13.1 Å². The van der Waals surface area contributed by atoms with E-state index < -0.39 is 27.5 Å². The Kier molecular flexibility index (Phi) is 6.88. The van der Waals surface area contributed by atoms with Crippen LogP contribution in [0.2, 0.25) is 0 Å². The van der Waals surface area contributed by atoms with Gasteiger partial charge < -0.3 is 5.32 Å². The van der Waals surface area contributed by atoms with E-state index in [1.165, 1.54) is 12.1 Å². The van der Waals surface area contributed by atoms with E-state index in [9.17, 15) is 21.6 Å². The number of nitrogens with one attached hydrogen (secondary N) is 2. The summed E-state index contributed by atoms with van der Waals surface area (Å²) in [5.74, 6) is -0.307. The largest absolute Gasteiger partial charge is 0.416 e. The molecule has 2 rings (SSSR count). The van der Waals surface area contributed by atoms with Crippen molar-refractivity contribution in [1.82, 2.24) is 10.0 Å². The molecule has 4 nitrogen and oxygen atoms in total. The third kappa shape index (κ3) is 5.95. The molecule has 1 aliphatic rings. The predicted molar refractivity (Wildman–Crippen MR) is 84.9 cm³/mol. The summed E-state index contributed by atoms with van der Waals surface area (Å²) in [6.45, 7) is 3.38. The second-order valence-corrected chi connectivity index (χ2v) is 7.41. The van der Waals surface area contributed by atoms with E-state index in [1.54, 1.807) is 0 Å². The molecule has 2 atom stereocenters. The van der Waals surface area contributed by atoms with Gasteiger partial charge in [0.25, 0.3) is 0 Å². The number of halogens is 4. The molecule has 1 fully saturated rings. The fourth-order valence-electron chi connectivity index (χ4n) is 2.52. The maximum atomic E-state index is 12.7. The normalized spacial score (nSPS) is 22.4. The second-order valence-electron chi connectivity index (χ2n) is 5.65. The quantitative estimate of drug-likeness (QED) is 0.854. The molecule has 1 aliphatic heterocycles. The van der Waals surface area contributed by atoms with Crippen molar-refractivity contribution >= 4 is 22.4 Å². The van der Waals surface area contributed by atoms with E-state index in [0.717, 1.165) is 25.2 Å². The Bertz CT molecular complexity index is 623. The van der Waals surface area contributed by atoms with E-state index in [4.69, 9.17) is 0 Å². The van der Waals surface area contributed by atoms with Gasteiger partial charge in [0, 0.05) is 6.04 Å². The number of rotatable bonds is 4. The molecule has 2 N–H and O–H groups in total. The number of alkyl halides is 3. The average molecular weight is 373 g/mol. The first-order valence-corrected chi connectivity index (χ1v) is 8.69. The molecule has 2 unspecified atom stereocenters. The Balaban J connectivity index is 0.00000264. The third-order valence-corrected chi connectivity index (χ3v) is 5.10. The molecule has 0 saturated carbocycles. The monoisotopic (exact) mass is 372 g/mol. The Hall–Kier alpha value is -0.830. The van der Waals surface area contributed by atoms with Gasteiger partial charge in [-0.2, -0.15) is 13.2 Å². The fraction of sp³-hybridized carbons (Fsp3) is 0.571. The maximum absolute atomic E-state index is 12.7. The second kappa shape index (κ2) is 7.83. The standard InChI is InChI=1S/C14H19F3N2O2S.ClH/c1-10-8-18-6-5-13(10)19-22(20,21)9-11-3-2-4-12(7-11)14(15,16)17;/h2-4,7,10,13,18-19H,5-6,8-9H2,1H3;1H. The van der Waals surface area contributed by atoms with Crippen LogP contribution in [0.15, 0.2) is 24.3 Å². The zero-order valence-electron chi connectivity index (χ0n) is 12.6. The first-order valence-electron chi connectivity index (χ1n) is 7.04. The summed E-state index contributed by atoms with van der Waals surface area (Å²) in [6, 6.07) is 4.24. The SMILES string of the molecule is CC1CNCCC1NS(=O)(=O)Cc1cccc(C(F)(F)F)c1.Cl. The topological polar surface area (TPSA) is 58.2 Å². The molecular weight excluding hydrogens is 353 g/mol. The Morgan fingerprint density at radius 3 is 2.65 bits per heavy atom. The van der Waals surface area contributed by atoms with Gasteiger partial charge in [-0.3, -0.25) is 0 Å². The highest BCUT2D eigenvalue weighted by Gasteiger charge is 2.31. The highest BCUT2D eigenvalue weighted by atomic mass is 35.5. The number of sulfonamides is 1. The third-order valence-electron chi connectivity index (χ3n) is 3.73. The minimum absolute atomic E-state index is 0. The lowest BCUT2D eigenvalue weighted by atomic mass is 9.97. The van der Waals surface area contributed by atoms with Crippen LogP contribution in [0.25, 0.3) is 0 Å². The highest BCUT2D eigenvalue weighted by molar-refractivity contribution is 7.88.